The van der Waals surface area contributed by atoms with Gasteiger partial charge >= 0.3 is 0 Å². The number of benzene rings is 1. The van der Waals surface area contributed by atoms with E-state index in [1.165, 1.54) is 12.1 Å². The Bertz CT molecular complexity index is 991. The molecular formula is C16H16Cl3N3O4S. The van der Waals surface area contributed by atoms with Crippen LogP contribution in [-0.2, 0) is 14.6 Å². The van der Waals surface area contributed by atoms with E-state index in [2.05, 4.69) is 10.4 Å². The Morgan fingerprint density at radius 2 is 1.96 bits per heavy atom. The maximum atomic E-state index is 12.3. The van der Waals surface area contributed by atoms with Crippen molar-refractivity contribution in [2.45, 2.75) is 19.4 Å². The number of hydrogen-bond acceptors (Lipinski definition) is 5. The number of rotatable bonds is 5. The first-order chi connectivity index (χ1) is 12.6. The highest BCUT2D eigenvalue weighted by atomic mass is 35.5. The summed E-state index contributed by atoms with van der Waals surface area (Å²) in [7, 11) is -3.07. The highest BCUT2D eigenvalue weighted by Gasteiger charge is 2.31. The largest absolute Gasteiger partial charge is 0.482 e. The molecule has 146 valence electrons. The molecule has 1 fully saturated rings. The Balaban J connectivity index is 1.68. The van der Waals surface area contributed by atoms with Gasteiger partial charge in [-0.3, -0.25) is 4.79 Å². The quantitative estimate of drug-likeness (QED) is 0.701. The van der Waals surface area contributed by atoms with Gasteiger partial charge in [-0.15, -0.1) is 0 Å². The molecule has 1 atom stereocenters. The maximum Gasteiger partial charge on any atom is 0.263 e. The normalized spacial score (nSPS) is 18.4. The second-order valence-electron chi connectivity index (χ2n) is 6.21. The first-order valence-corrected chi connectivity index (χ1v) is 10.9. The molecule has 7 nitrogen and oxygen atoms in total. The third-order valence-electron chi connectivity index (χ3n) is 4.01. The van der Waals surface area contributed by atoms with E-state index in [0.717, 1.165) is 0 Å². The molecule has 1 aromatic carbocycles. The van der Waals surface area contributed by atoms with Crippen molar-refractivity contribution in [1.29, 1.82) is 0 Å². The predicted octanol–water partition coefficient (Wildman–Crippen LogP) is 3.53. The first-order valence-electron chi connectivity index (χ1n) is 7.98. The molecule has 2 aromatic rings. The number of carbonyl (C=O) groups is 1. The number of nitrogens with one attached hydrogen (secondary N) is 1. The fourth-order valence-electron chi connectivity index (χ4n) is 2.79. The van der Waals surface area contributed by atoms with Gasteiger partial charge in [0.25, 0.3) is 5.91 Å². The average molecular weight is 453 g/mol. The molecule has 11 heteroatoms. The fraction of sp³-hybridized carbons (Fsp3) is 0.375. The van der Waals surface area contributed by atoms with Crippen LogP contribution in [-0.4, -0.2) is 42.2 Å². The number of amides is 1. The van der Waals surface area contributed by atoms with Gasteiger partial charge < -0.3 is 10.1 Å². The lowest BCUT2D eigenvalue weighted by Gasteiger charge is -2.14. The van der Waals surface area contributed by atoms with Crippen LogP contribution in [0.2, 0.25) is 15.1 Å². The number of halogens is 3. The highest BCUT2D eigenvalue weighted by molar-refractivity contribution is 7.91. The minimum Gasteiger partial charge on any atom is -0.482 e. The van der Waals surface area contributed by atoms with Gasteiger partial charge in [0.1, 0.15) is 11.6 Å². The lowest BCUT2D eigenvalue weighted by Crippen LogP contribution is -2.24. The Morgan fingerprint density at radius 3 is 2.63 bits per heavy atom. The molecule has 0 radical (unpaired) electrons. The summed E-state index contributed by atoms with van der Waals surface area (Å²) >= 11 is 17.8. The van der Waals surface area contributed by atoms with Gasteiger partial charge in [0, 0.05) is 12.1 Å². The van der Waals surface area contributed by atoms with Crippen LogP contribution >= 0.6 is 34.8 Å². The van der Waals surface area contributed by atoms with Crippen LogP contribution in [0, 0.1) is 6.92 Å². The van der Waals surface area contributed by atoms with Crippen LogP contribution in [0.5, 0.6) is 5.75 Å². The predicted molar refractivity (Wildman–Crippen MR) is 105 cm³/mol. The van der Waals surface area contributed by atoms with Crippen LogP contribution < -0.4 is 10.1 Å². The SMILES string of the molecule is Cc1cc(NC(=O)COc2cc(Cl)c(Cl)cc2Cl)n([C@@H]2CCS(=O)(=O)C2)n1. The molecular weight excluding hydrogens is 437 g/mol. The summed E-state index contributed by atoms with van der Waals surface area (Å²) in [6.07, 6.45) is 0.460. The first kappa shape index (κ1) is 20.3. The van der Waals surface area contributed by atoms with E-state index >= 15 is 0 Å². The van der Waals surface area contributed by atoms with Crippen molar-refractivity contribution in [2.75, 3.05) is 23.4 Å². The maximum absolute atomic E-state index is 12.3. The van der Waals surface area contributed by atoms with E-state index < -0.39 is 15.7 Å². The third-order valence-corrected chi connectivity index (χ3v) is 6.78. The van der Waals surface area contributed by atoms with Gasteiger partial charge in [0.2, 0.25) is 0 Å². The molecule has 0 saturated carbocycles. The van der Waals surface area contributed by atoms with Crippen molar-refractivity contribution in [3.63, 3.8) is 0 Å². The van der Waals surface area contributed by atoms with E-state index in [0.29, 0.717) is 17.9 Å². The Morgan fingerprint density at radius 1 is 1.26 bits per heavy atom. The second-order valence-corrected chi connectivity index (χ2v) is 9.66. The summed E-state index contributed by atoms with van der Waals surface area (Å²) in [5, 5.41) is 7.77. The van der Waals surface area contributed by atoms with Crippen molar-refractivity contribution in [3.8, 4) is 5.75 Å². The lowest BCUT2D eigenvalue weighted by atomic mass is 10.3. The van der Waals surface area contributed by atoms with E-state index in [-0.39, 0.29) is 45.0 Å². The van der Waals surface area contributed by atoms with E-state index in [4.69, 9.17) is 39.5 Å². The number of hydrogen-bond donors (Lipinski definition) is 1. The standard InChI is InChI=1S/C16H16Cl3N3O4S/c1-9-4-15(22(21-9)10-2-3-27(24,25)8-10)20-16(23)7-26-14-6-12(18)11(17)5-13(14)19/h4-6,10H,2-3,7-8H2,1H3,(H,20,23)/t10-/m1/s1. The number of aryl methyl sites for hydroxylation is 1. The van der Waals surface area contributed by atoms with Crippen LogP contribution in [0.1, 0.15) is 18.2 Å². The zero-order valence-corrected chi connectivity index (χ0v) is 17.3. The van der Waals surface area contributed by atoms with Crippen molar-refractivity contribution >= 4 is 56.4 Å². The van der Waals surface area contributed by atoms with E-state index in [1.54, 1.807) is 17.7 Å². The van der Waals surface area contributed by atoms with Crippen molar-refractivity contribution in [3.05, 3.63) is 39.0 Å². The molecule has 1 aliphatic rings. The number of carbonyl (C=O) groups excluding carboxylic acids is 1. The van der Waals surface area contributed by atoms with E-state index in [9.17, 15) is 13.2 Å². The molecule has 27 heavy (non-hydrogen) atoms. The summed E-state index contributed by atoms with van der Waals surface area (Å²) < 4.78 is 30.4. The van der Waals surface area contributed by atoms with Crippen molar-refractivity contribution in [2.24, 2.45) is 0 Å². The number of ether oxygens (including phenoxy) is 1. The molecule has 1 saturated heterocycles. The van der Waals surface area contributed by atoms with Crippen LogP contribution in [0.15, 0.2) is 18.2 Å². The van der Waals surface area contributed by atoms with Gasteiger partial charge in [-0.2, -0.15) is 5.10 Å². The summed E-state index contributed by atoms with van der Waals surface area (Å²) in [6.45, 7) is 1.45. The number of nitrogens with zero attached hydrogens (tertiary/aromatic N) is 2. The summed E-state index contributed by atoms with van der Waals surface area (Å²) in [5.41, 5.74) is 0.669. The summed E-state index contributed by atoms with van der Waals surface area (Å²) in [4.78, 5) is 12.3. The minimum absolute atomic E-state index is 0.00632. The average Bonchev–Trinajstić information content (AvgIpc) is 3.11. The molecule has 0 bridgehead atoms. The molecule has 0 unspecified atom stereocenters. The van der Waals surface area contributed by atoms with Crippen molar-refractivity contribution < 1.29 is 17.9 Å². The Labute approximate surface area is 171 Å². The minimum atomic E-state index is -3.07. The molecule has 1 aromatic heterocycles. The molecule has 0 aliphatic carbocycles. The number of sulfone groups is 1. The topological polar surface area (TPSA) is 90.3 Å². The molecule has 1 amide bonds. The zero-order chi connectivity index (χ0) is 19.8. The van der Waals surface area contributed by atoms with Gasteiger partial charge in [-0.25, -0.2) is 13.1 Å². The zero-order valence-electron chi connectivity index (χ0n) is 14.2. The Hall–Kier alpha value is -1.48. The molecule has 2 heterocycles. The molecule has 0 spiro atoms. The smallest absolute Gasteiger partial charge is 0.263 e. The fourth-order valence-corrected chi connectivity index (χ4v) is 5.08. The monoisotopic (exact) mass is 451 g/mol. The third kappa shape index (κ3) is 4.87. The summed E-state index contributed by atoms with van der Waals surface area (Å²) in [5.74, 6) is 0.324. The Kier molecular flexibility index (Phi) is 5.90. The lowest BCUT2D eigenvalue weighted by molar-refractivity contribution is -0.118. The van der Waals surface area contributed by atoms with Crippen LogP contribution in [0.4, 0.5) is 5.82 Å². The van der Waals surface area contributed by atoms with Gasteiger partial charge in [0.05, 0.1) is 38.3 Å². The van der Waals surface area contributed by atoms with Gasteiger partial charge in [-0.05, 0) is 19.4 Å². The van der Waals surface area contributed by atoms with Gasteiger partial charge in [0.15, 0.2) is 16.4 Å². The number of anilines is 1. The molecule has 3 rings (SSSR count). The van der Waals surface area contributed by atoms with Crippen molar-refractivity contribution in [1.82, 2.24) is 9.78 Å². The van der Waals surface area contributed by atoms with Gasteiger partial charge in [-0.1, -0.05) is 34.8 Å². The summed E-state index contributed by atoms with van der Waals surface area (Å²) in [6, 6.07) is 4.23. The van der Waals surface area contributed by atoms with Crippen LogP contribution in [0.3, 0.4) is 0 Å². The number of aromatic nitrogens is 2. The molecule has 1 aliphatic heterocycles. The van der Waals surface area contributed by atoms with E-state index in [1.807, 2.05) is 0 Å². The van der Waals surface area contributed by atoms with Crippen LogP contribution in [0.25, 0.3) is 0 Å². The molecule has 1 N–H and O–H groups in total. The second kappa shape index (κ2) is 7.87. The highest BCUT2D eigenvalue weighted by Crippen LogP contribution is 2.34.